The van der Waals surface area contributed by atoms with Gasteiger partial charge in [-0.3, -0.25) is 13.9 Å². The van der Waals surface area contributed by atoms with Gasteiger partial charge in [0.1, 0.15) is 0 Å². The first-order valence-electron chi connectivity index (χ1n) is 7.39. The van der Waals surface area contributed by atoms with E-state index in [-0.39, 0.29) is 11.2 Å². The normalized spacial score (nSPS) is 11.4. The number of nitrogens with zero attached hydrogens (tertiary/aromatic N) is 6. The molecule has 0 saturated carbocycles. The molecular formula is C14H18N6O3. The first-order chi connectivity index (χ1) is 11.0. The van der Waals surface area contributed by atoms with Crippen LogP contribution < -0.4 is 11.2 Å². The molecule has 3 aromatic heterocycles. The molecule has 0 amide bonds. The molecule has 0 unspecified atom stereocenters. The molecule has 0 aromatic carbocycles. The Balaban J connectivity index is 1.76. The lowest BCUT2D eigenvalue weighted by Crippen LogP contribution is -2.37. The molecule has 0 aliphatic carbocycles. The zero-order chi connectivity index (χ0) is 16.6. The van der Waals surface area contributed by atoms with Crippen LogP contribution in [-0.2, 0) is 27.1 Å². The highest BCUT2D eigenvalue weighted by molar-refractivity contribution is 5.69. The van der Waals surface area contributed by atoms with Crippen LogP contribution in [0.3, 0.4) is 0 Å². The second-order valence-electron chi connectivity index (χ2n) is 5.50. The number of imidazole rings is 1. The fourth-order valence-corrected chi connectivity index (χ4v) is 2.57. The number of hydrogen-bond acceptors (Lipinski definition) is 6. The molecular weight excluding hydrogens is 300 g/mol. The zero-order valence-corrected chi connectivity index (χ0v) is 13.3. The Labute approximate surface area is 131 Å². The average Bonchev–Trinajstić information content (AvgIpc) is 3.14. The molecule has 0 saturated heterocycles. The van der Waals surface area contributed by atoms with Gasteiger partial charge in [0.15, 0.2) is 17.0 Å². The summed E-state index contributed by atoms with van der Waals surface area (Å²) in [4.78, 5) is 32.5. The van der Waals surface area contributed by atoms with Crippen LogP contribution in [0, 0.1) is 6.92 Å². The molecule has 0 bridgehead atoms. The first kappa shape index (κ1) is 15.2. The van der Waals surface area contributed by atoms with E-state index in [1.807, 2.05) is 0 Å². The van der Waals surface area contributed by atoms with E-state index >= 15 is 0 Å². The van der Waals surface area contributed by atoms with Gasteiger partial charge in [-0.25, -0.2) is 9.78 Å². The first-order valence-corrected chi connectivity index (χ1v) is 7.39. The maximum atomic E-state index is 12.3. The van der Waals surface area contributed by atoms with Crippen LogP contribution in [0.15, 0.2) is 20.4 Å². The van der Waals surface area contributed by atoms with Gasteiger partial charge in [-0.05, 0) is 12.8 Å². The van der Waals surface area contributed by atoms with Gasteiger partial charge in [-0.2, -0.15) is 4.98 Å². The van der Waals surface area contributed by atoms with E-state index < -0.39 is 0 Å². The SMILES string of the molecule is Cc1nc(CCCCn2cnc3c2c(=O)n(C)c(=O)n3C)no1. The molecule has 3 heterocycles. The molecule has 0 spiro atoms. The van der Waals surface area contributed by atoms with Gasteiger partial charge in [0, 0.05) is 34.0 Å². The number of aromatic nitrogens is 6. The number of fused-ring (bicyclic) bond motifs is 1. The van der Waals surface area contributed by atoms with Gasteiger partial charge in [-0.1, -0.05) is 5.16 Å². The van der Waals surface area contributed by atoms with Gasteiger partial charge in [0.05, 0.1) is 6.33 Å². The Bertz CT molecular complexity index is 961. The van der Waals surface area contributed by atoms with Crippen LogP contribution in [0.4, 0.5) is 0 Å². The zero-order valence-electron chi connectivity index (χ0n) is 13.3. The Morgan fingerprint density at radius 2 is 1.96 bits per heavy atom. The molecule has 0 fully saturated rings. The van der Waals surface area contributed by atoms with Gasteiger partial charge in [0.2, 0.25) is 5.89 Å². The standard InChI is InChI=1S/C14H18N6O3/c1-9-16-10(17-23-9)6-4-5-7-20-8-15-12-11(20)13(21)19(3)14(22)18(12)2/h8H,4-7H2,1-3H3. The van der Waals surface area contributed by atoms with E-state index in [4.69, 9.17) is 4.52 Å². The van der Waals surface area contributed by atoms with Crippen LogP contribution in [0.25, 0.3) is 11.2 Å². The molecule has 23 heavy (non-hydrogen) atoms. The highest BCUT2D eigenvalue weighted by Crippen LogP contribution is 2.08. The highest BCUT2D eigenvalue weighted by atomic mass is 16.5. The molecule has 0 N–H and O–H groups in total. The van der Waals surface area contributed by atoms with Crippen molar-refractivity contribution in [1.82, 2.24) is 28.8 Å². The van der Waals surface area contributed by atoms with Crippen molar-refractivity contribution in [3.05, 3.63) is 38.9 Å². The molecule has 9 nitrogen and oxygen atoms in total. The van der Waals surface area contributed by atoms with Crippen molar-refractivity contribution >= 4 is 11.2 Å². The summed E-state index contributed by atoms with van der Waals surface area (Å²) in [6.45, 7) is 2.40. The summed E-state index contributed by atoms with van der Waals surface area (Å²) in [5.74, 6) is 1.25. The Morgan fingerprint density at radius 3 is 2.65 bits per heavy atom. The van der Waals surface area contributed by atoms with Crippen molar-refractivity contribution in [2.75, 3.05) is 0 Å². The Hall–Kier alpha value is -2.71. The lowest BCUT2D eigenvalue weighted by Gasteiger charge is -2.06. The summed E-state index contributed by atoms with van der Waals surface area (Å²) in [6, 6.07) is 0. The van der Waals surface area contributed by atoms with Gasteiger partial charge < -0.3 is 9.09 Å². The van der Waals surface area contributed by atoms with Crippen molar-refractivity contribution in [3.8, 4) is 0 Å². The van der Waals surface area contributed by atoms with E-state index in [0.717, 1.165) is 23.8 Å². The van der Waals surface area contributed by atoms with Crippen LogP contribution in [0.5, 0.6) is 0 Å². The van der Waals surface area contributed by atoms with Crippen molar-refractivity contribution < 1.29 is 4.52 Å². The predicted molar refractivity (Wildman–Crippen MR) is 82.2 cm³/mol. The van der Waals surface area contributed by atoms with E-state index in [0.29, 0.717) is 29.4 Å². The summed E-state index contributed by atoms with van der Waals surface area (Å²) in [5, 5.41) is 3.85. The fourth-order valence-electron chi connectivity index (χ4n) is 2.57. The molecule has 0 aliphatic rings. The molecule has 0 atom stereocenters. The van der Waals surface area contributed by atoms with E-state index in [1.54, 1.807) is 24.9 Å². The van der Waals surface area contributed by atoms with Crippen molar-refractivity contribution in [2.45, 2.75) is 32.7 Å². The van der Waals surface area contributed by atoms with Crippen molar-refractivity contribution in [1.29, 1.82) is 0 Å². The van der Waals surface area contributed by atoms with Gasteiger partial charge in [0.25, 0.3) is 5.56 Å². The maximum Gasteiger partial charge on any atom is 0.332 e. The summed E-state index contributed by atoms with van der Waals surface area (Å²) < 4.78 is 9.20. The minimum atomic E-state index is -0.375. The summed E-state index contributed by atoms with van der Waals surface area (Å²) >= 11 is 0. The quantitative estimate of drug-likeness (QED) is 0.621. The van der Waals surface area contributed by atoms with Gasteiger partial charge >= 0.3 is 5.69 Å². The minimum Gasteiger partial charge on any atom is -0.340 e. The summed E-state index contributed by atoms with van der Waals surface area (Å²) in [7, 11) is 3.08. The lowest BCUT2D eigenvalue weighted by atomic mass is 10.2. The smallest absolute Gasteiger partial charge is 0.332 e. The summed E-state index contributed by atoms with van der Waals surface area (Å²) in [6.07, 6.45) is 4.03. The molecule has 0 radical (unpaired) electrons. The third-order valence-electron chi connectivity index (χ3n) is 3.84. The van der Waals surface area contributed by atoms with Gasteiger partial charge in [-0.15, -0.1) is 0 Å². The number of aryl methyl sites for hydroxylation is 4. The molecule has 3 aromatic rings. The monoisotopic (exact) mass is 318 g/mol. The average molecular weight is 318 g/mol. The number of unbranched alkanes of at least 4 members (excludes halogenated alkanes) is 1. The third kappa shape index (κ3) is 2.69. The molecule has 122 valence electrons. The second kappa shape index (κ2) is 5.82. The Kier molecular flexibility index (Phi) is 3.85. The minimum absolute atomic E-state index is 0.325. The largest absolute Gasteiger partial charge is 0.340 e. The molecule has 0 aliphatic heterocycles. The van der Waals surface area contributed by atoms with E-state index in [1.165, 1.54) is 11.6 Å². The highest BCUT2D eigenvalue weighted by Gasteiger charge is 2.13. The summed E-state index contributed by atoms with van der Waals surface area (Å²) in [5.41, 5.74) is 0.159. The van der Waals surface area contributed by atoms with Crippen LogP contribution >= 0.6 is 0 Å². The van der Waals surface area contributed by atoms with E-state index in [9.17, 15) is 9.59 Å². The Morgan fingerprint density at radius 1 is 1.17 bits per heavy atom. The van der Waals surface area contributed by atoms with Crippen molar-refractivity contribution in [3.63, 3.8) is 0 Å². The second-order valence-corrected chi connectivity index (χ2v) is 5.50. The number of rotatable bonds is 5. The fraction of sp³-hybridized carbons (Fsp3) is 0.500. The maximum absolute atomic E-state index is 12.3. The van der Waals surface area contributed by atoms with Crippen LogP contribution in [0.2, 0.25) is 0 Å². The van der Waals surface area contributed by atoms with E-state index in [2.05, 4.69) is 15.1 Å². The topological polar surface area (TPSA) is 101 Å². The molecule has 9 heteroatoms. The lowest BCUT2D eigenvalue weighted by molar-refractivity contribution is 0.386. The third-order valence-corrected chi connectivity index (χ3v) is 3.84. The van der Waals surface area contributed by atoms with Crippen molar-refractivity contribution in [2.24, 2.45) is 14.1 Å². The van der Waals surface area contributed by atoms with Crippen LogP contribution in [0.1, 0.15) is 24.6 Å². The number of hydrogen-bond donors (Lipinski definition) is 0. The molecule has 3 rings (SSSR count). The van der Waals surface area contributed by atoms with Crippen LogP contribution in [-0.4, -0.2) is 28.8 Å². The predicted octanol–water partition coefficient (Wildman–Crippen LogP) is 0.148.